The van der Waals surface area contributed by atoms with Crippen LogP contribution in [-0.2, 0) is 0 Å². The van der Waals surface area contributed by atoms with E-state index in [9.17, 15) is 10.1 Å². The largest absolute Gasteiger partial charge is 0.495 e. The van der Waals surface area contributed by atoms with Crippen molar-refractivity contribution in [3.63, 3.8) is 0 Å². The Hall–Kier alpha value is -2.67. The number of thiocarbonyl (C=S) groups is 1. The topological polar surface area (TPSA) is 76.4 Å². The van der Waals surface area contributed by atoms with Crippen molar-refractivity contribution >= 4 is 34.4 Å². The summed E-state index contributed by atoms with van der Waals surface area (Å²) in [5, 5.41) is 17.3. The molecule has 6 nitrogen and oxygen atoms in total. The van der Waals surface area contributed by atoms with Gasteiger partial charge in [-0.1, -0.05) is 12.1 Å². The van der Waals surface area contributed by atoms with Crippen molar-refractivity contribution in [2.75, 3.05) is 17.7 Å². The molecule has 23 heavy (non-hydrogen) atoms. The number of non-ortho nitro benzene ring substituents is 1. The highest BCUT2D eigenvalue weighted by Crippen LogP contribution is 2.29. The van der Waals surface area contributed by atoms with E-state index in [1.807, 2.05) is 32.0 Å². The maximum absolute atomic E-state index is 10.9. The van der Waals surface area contributed by atoms with E-state index in [1.54, 1.807) is 0 Å². The second kappa shape index (κ2) is 7.06. The zero-order valence-corrected chi connectivity index (χ0v) is 13.9. The Morgan fingerprint density at radius 3 is 2.52 bits per heavy atom. The molecule has 0 spiro atoms. The van der Waals surface area contributed by atoms with Crippen molar-refractivity contribution in [3.05, 3.63) is 57.6 Å². The third kappa shape index (κ3) is 3.95. The predicted molar refractivity (Wildman–Crippen MR) is 95.4 cm³/mol. The van der Waals surface area contributed by atoms with E-state index in [0.717, 1.165) is 16.8 Å². The molecule has 0 fully saturated rings. The van der Waals surface area contributed by atoms with Gasteiger partial charge in [0.1, 0.15) is 5.75 Å². The fourth-order valence-electron chi connectivity index (χ4n) is 2.07. The van der Waals surface area contributed by atoms with Crippen LogP contribution in [0.25, 0.3) is 0 Å². The molecular weight excluding hydrogens is 314 g/mol. The zero-order chi connectivity index (χ0) is 17.0. The van der Waals surface area contributed by atoms with Gasteiger partial charge in [-0.3, -0.25) is 10.1 Å². The number of benzene rings is 2. The summed E-state index contributed by atoms with van der Waals surface area (Å²) in [5.74, 6) is 0.473. The molecule has 0 bridgehead atoms. The summed E-state index contributed by atoms with van der Waals surface area (Å²) in [7, 11) is 1.49. The van der Waals surface area contributed by atoms with E-state index in [-0.39, 0.29) is 5.69 Å². The van der Waals surface area contributed by atoms with Gasteiger partial charge < -0.3 is 15.4 Å². The molecule has 0 aliphatic carbocycles. The molecule has 2 N–H and O–H groups in total. The molecular formula is C16H17N3O3S. The summed E-state index contributed by atoms with van der Waals surface area (Å²) in [4.78, 5) is 10.4. The number of nitro groups is 1. The van der Waals surface area contributed by atoms with E-state index in [4.69, 9.17) is 17.0 Å². The first-order valence-electron chi connectivity index (χ1n) is 6.89. The van der Waals surface area contributed by atoms with Crippen LogP contribution in [0.2, 0.25) is 0 Å². The summed E-state index contributed by atoms with van der Waals surface area (Å²) in [6, 6.07) is 10.2. The minimum Gasteiger partial charge on any atom is -0.495 e. The van der Waals surface area contributed by atoms with E-state index in [1.165, 1.54) is 25.3 Å². The van der Waals surface area contributed by atoms with Crippen LogP contribution in [0.3, 0.4) is 0 Å². The Labute approximate surface area is 139 Å². The van der Waals surface area contributed by atoms with Crippen LogP contribution in [-0.4, -0.2) is 17.1 Å². The van der Waals surface area contributed by atoms with E-state index in [0.29, 0.717) is 16.5 Å². The van der Waals surface area contributed by atoms with Crippen molar-refractivity contribution in [1.82, 2.24) is 0 Å². The first-order chi connectivity index (χ1) is 10.9. The van der Waals surface area contributed by atoms with E-state index in [2.05, 4.69) is 10.6 Å². The van der Waals surface area contributed by atoms with Crippen molar-refractivity contribution in [2.45, 2.75) is 13.8 Å². The number of nitro benzene ring substituents is 1. The van der Waals surface area contributed by atoms with Crippen LogP contribution in [0.4, 0.5) is 17.1 Å². The third-order valence-electron chi connectivity index (χ3n) is 3.49. The highest BCUT2D eigenvalue weighted by molar-refractivity contribution is 7.80. The smallest absolute Gasteiger partial charge is 0.271 e. The molecule has 0 radical (unpaired) electrons. The molecule has 0 aromatic heterocycles. The molecule has 0 aliphatic rings. The van der Waals surface area contributed by atoms with Gasteiger partial charge in [0, 0.05) is 17.8 Å². The molecule has 0 aliphatic heterocycles. The molecule has 0 saturated carbocycles. The summed E-state index contributed by atoms with van der Waals surface area (Å²) in [6.07, 6.45) is 0. The van der Waals surface area contributed by atoms with Crippen LogP contribution in [0.1, 0.15) is 11.1 Å². The fraction of sp³-hybridized carbons (Fsp3) is 0.188. The number of nitrogens with zero attached hydrogens (tertiary/aromatic N) is 1. The number of aryl methyl sites for hydroxylation is 1. The molecule has 2 aromatic rings. The number of anilines is 2. The summed E-state index contributed by atoms with van der Waals surface area (Å²) in [6.45, 7) is 4.01. The van der Waals surface area contributed by atoms with Gasteiger partial charge in [-0.25, -0.2) is 0 Å². The van der Waals surface area contributed by atoms with Gasteiger partial charge in [-0.05, 0) is 49.3 Å². The Bertz CT molecular complexity index is 762. The van der Waals surface area contributed by atoms with Crippen molar-refractivity contribution < 1.29 is 9.66 Å². The van der Waals surface area contributed by atoms with Gasteiger partial charge in [0.25, 0.3) is 5.69 Å². The fourth-order valence-corrected chi connectivity index (χ4v) is 2.29. The number of hydrogen-bond acceptors (Lipinski definition) is 4. The first-order valence-corrected chi connectivity index (χ1v) is 7.30. The molecule has 2 aromatic carbocycles. The standard InChI is InChI=1S/C16H17N3O3S/c1-10-5-4-6-13(11(10)2)17-16(23)18-14-9-12(19(20)21)7-8-15(14)22-3/h4-9H,1-3H3,(H2,17,18,23). The number of hydrogen-bond donors (Lipinski definition) is 2. The molecule has 0 heterocycles. The highest BCUT2D eigenvalue weighted by Gasteiger charge is 2.13. The maximum atomic E-state index is 10.9. The predicted octanol–water partition coefficient (Wildman–Crippen LogP) is 4.03. The summed E-state index contributed by atoms with van der Waals surface area (Å²) in [5.41, 5.74) is 3.51. The average molecular weight is 331 g/mol. The van der Waals surface area contributed by atoms with Gasteiger partial charge >= 0.3 is 0 Å². The monoisotopic (exact) mass is 331 g/mol. The molecule has 2 rings (SSSR count). The summed E-state index contributed by atoms with van der Waals surface area (Å²) >= 11 is 5.29. The number of methoxy groups -OCH3 is 1. The summed E-state index contributed by atoms with van der Waals surface area (Å²) < 4.78 is 5.20. The quantitative estimate of drug-likeness (QED) is 0.500. The molecule has 0 atom stereocenters. The molecule has 0 amide bonds. The van der Waals surface area contributed by atoms with Gasteiger partial charge in [0.15, 0.2) is 5.11 Å². The lowest BCUT2D eigenvalue weighted by Crippen LogP contribution is -2.20. The SMILES string of the molecule is COc1ccc([N+](=O)[O-])cc1NC(=S)Nc1cccc(C)c1C. The molecule has 0 unspecified atom stereocenters. The second-order valence-electron chi connectivity index (χ2n) is 4.97. The number of rotatable bonds is 4. The van der Waals surface area contributed by atoms with Gasteiger partial charge in [-0.15, -0.1) is 0 Å². The lowest BCUT2D eigenvalue weighted by molar-refractivity contribution is -0.384. The Morgan fingerprint density at radius 1 is 1.17 bits per heavy atom. The van der Waals surface area contributed by atoms with Crippen molar-refractivity contribution in [3.8, 4) is 5.75 Å². The molecule has 120 valence electrons. The van der Waals surface area contributed by atoms with Gasteiger partial charge in [0.2, 0.25) is 0 Å². The zero-order valence-electron chi connectivity index (χ0n) is 13.0. The van der Waals surface area contributed by atoms with Gasteiger partial charge in [0.05, 0.1) is 17.7 Å². The van der Waals surface area contributed by atoms with Crippen molar-refractivity contribution in [2.24, 2.45) is 0 Å². The molecule has 0 saturated heterocycles. The van der Waals surface area contributed by atoms with Crippen LogP contribution < -0.4 is 15.4 Å². The third-order valence-corrected chi connectivity index (χ3v) is 3.70. The lowest BCUT2D eigenvalue weighted by atomic mass is 10.1. The minimum atomic E-state index is -0.466. The van der Waals surface area contributed by atoms with E-state index >= 15 is 0 Å². The Balaban J connectivity index is 2.21. The first kappa shape index (κ1) is 16.7. The van der Waals surface area contributed by atoms with Crippen LogP contribution >= 0.6 is 12.2 Å². The van der Waals surface area contributed by atoms with Crippen LogP contribution in [0, 0.1) is 24.0 Å². The second-order valence-corrected chi connectivity index (χ2v) is 5.38. The number of ether oxygens (including phenoxy) is 1. The average Bonchev–Trinajstić information content (AvgIpc) is 2.51. The Kier molecular flexibility index (Phi) is 5.13. The lowest BCUT2D eigenvalue weighted by Gasteiger charge is -2.15. The van der Waals surface area contributed by atoms with Crippen molar-refractivity contribution in [1.29, 1.82) is 0 Å². The molecule has 7 heteroatoms. The van der Waals surface area contributed by atoms with Crippen LogP contribution in [0.15, 0.2) is 36.4 Å². The maximum Gasteiger partial charge on any atom is 0.271 e. The van der Waals surface area contributed by atoms with Crippen LogP contribution in [0.5, 0.6) is 5.75 Å². The Morgan fingerprint density at radius 2 is 1.87 bits per heavy atom. The minimum absolute atomic E-state index is 0.0390. The normalized spacial score (nSPS) is 10.0. The highest BCUT2D eigenvalue weighted by atomic mass is 32.1. The van der Waals surface area contributed by atoms with Gasteiger partial charge in [-0.2, -0.15) is 0 Å². The van der Waals surface area contributed by atoms with E-state index < -0.39 is 4.92 Å². The number of nitrogens with one attached hydrogen (secondary N) is 2.